The minimum Gasteiger partial charge on any atom is -0.480 e. The van der Waals surface area contributed by atoms with Gasteiger partial charge in [0.15, 0.2) is 0 Å². The Kier molecular flexibility index (Phi) is 4.42. The second kappa shape index (κ2) is 5.91. The van der Waals surface area contributed by atoms with Crippen molar-refractivity contribution in [1.82, 2.24) is 10.3 Å². The number of amides is 1. The quantitative estimate of drug-likeness (QED) is 0.829. The van der Waals surface area contributed by atoms with Crippen LogP contribution >= 0.6 is 15.9 Å². The molecule has 6 heteroatoms. The molecule has 2 unspecified atom stereocenters. The highest BCUT2D eigenvalue weighted by molar-refractivity contribution is 9.10. The molecule has 1 aliphatic rings. The Balaban J connectivity index is 2.18. The van der Waals surface area contributed by atoms with Crippen LogP contribution in [0.1, 0.15) is 43.0 Å². The number of carbonyl (C=O) groups is 2. The number of rotatable bonds is 3. The summed E-state index contributed by atoms with van der Waals surface area (Å²) < 4.78 is 0.633. The van der Waals surface area contributed by atoms with E-state index >= 15 is 0 Å². The van der Waals surface area contributed by atoms with E-state index in [9.17, 15) is 14.7 Å². The van der Waals surface area contributed by atoms with Crippen molar-refractivity contribution in [2.45, 2.75) is 38.1 Å². The van der Waals surface area contributed by atoms with Crippen molar-refractivity contribution in [3.05, 3.63) is 28.5 Å². The lowest BCUT2D eigenvalue weighted by molar-refractivity contribution is -0.146. The second-order valence-corrected chi connectivity index (χ2v) is 6.22. The fourth-order valence-corrected chi connectivity index (χ4v) is 2.95. The molecule has 1 aliphatic carbocycles. The summed E-state index contributed by atoms with van der Waals surface area (Å²) >= 11 is 3.20. The van der Waals surface area contributed by atoms with Gasteiger partial charge in [0.2, 0.25) is 0 Å². The zero-order chi connectivity index (χ0) is 14.8. The Labute approximate surface area is 125 Å². The number of carbonyl (C=O) groups excluding carboxylic acids is 1. The maximum absolute atomic E-state index is 12.2. The second-order valence-electron chi connectivity index (χ2n) is 5.41. The van der Waals surface area contributed by atoms with Crippen molar-refractivity contribution in [3.63, 3.8) is 0 Å². The van der Waals surface area contributed by atoms with Gasteiger partial charge in [-0.15, -0.1) is 0 Å². The number of hydrogen-bond donors (Lipinski definition) is 2. The van der Waals surface area contributed by atoms with Gasteiger partial charge in [-0.2, -0.15) is 0 Å². The Hall–Kier alpha value is -1.43. The minimum atomic E-state index is -1.15. The molecular formula is C14H17BrN2O3. The number of nitrogens with zero attached hydrogens (tertiary/aromatic N) is 1. The molecule has 1 fully saturated rings. The molecular weight excluding hydrogens is 324 g/mol. The zero-order valence-corrected chi connectivity index (χ0v) is 12.8. The zero-order valence-electron chi connectivity index (χ0n) is 11.2. The van der Waals surface area contributed by atoms with Crippen molar-refractivity contribution in [2.75, 3.05) is 0 Å². The van der Waals surface area contributed by atoms with Gasteiger partial charge in [0, 0.05) is 6.20 Å². The van der Waals surface area contributed by atoms with Crippen LogP contribution in [0.4, 0.5) is 0 Å². The van der Waals surface area contributed by atoms with Crippen LogP contribution < -0.4 is 5.32 Å². The highest BCUT2D eigenvalue weighted by Gasteiger charge is 2.43. The van der Waals surface area contributed by atoms with E-state index in [1.54, 1.807) is 12.1 Å². The van der Waals surface area contributed by atoms with Crippen LogP contribution in [0.5, 0.6) is 0 Å². The van der Waals surface area contributed by atoms with Gasteiger partial charge in [0.05, 0.1) is 5.56 Å². The first kappa shape index (κ1) is 15.0. The Morgan fingerprint density at radius 3 is 2.80 bits per heavy atom. The predicted molar refractivity (Wildman–Crippen MR) is 77.4 cm³/mol. The predicted octanol–water partition coefficient (Wildman–Crippen LogP) is 2.61. The van der Waals surface area contributed by atoms with Gasteiger partial charge in [0.1, 0.15) is 10.1 Å². The van der Waals surface area contributed by atoms with E-state index < -0.39 is 11.5 Å². The molecule has 1 saturated carbocycles. The molecule has 2 N–H and O–H groups in total. The van der Waals surface area contributed by atoms with E-state index in [0.29, 0.717) is 28.9 Å². The van der Waals surface area contributed by atoms with Gasteiger partial charge >= 0.3 is 5.97 Å². The normalized spacial score (nSPS) is 26.0. The highest BCUT2D eigenvalue weighted by Crippen LogP contribution is 2.32. The first-order valence-corrected chi connectivity index (χ1v) is 7.40. The molecule has 0 bridgehead atoms. The monoisotopic (exact) mass is 340 g/mol. The smallest absolute Gasteiger partial charge is 0.329 e. The van der Waals surface area contributed by atoms with Crippen LogP contribution in [0.3, 0.4) is 0 Å². The van der Waals surface area contributed by atoms with E-state index in [4.69, 9.17) is 0 Å². The third kappa shape index (κ3) is 3.17. The Morgan fingerprint density at radius 2 is 2.25 bits per heavy atom. The first-order valence-electron chi connectivity index (χ1n) is 6.60. The lowest BCUT2D eigenvalue weighted by Crippen LogP contribution is -2.56. The minimum absolute atomic E-state index is 0.295. The highest BCUT2D eigenvalue weighted by atomic mass is 79.9. The lowest BCUT2D eigenvalue weighted by Gasteiger charge is -2.37. The molecule has 5 nitrogen and oxygen atoms in total. The summed E-state index contributed by atoms with van der Waals surface area (Å²) in [5.74, 6) is -1.05. The van der Waals surface area contributed by atoms with Crippen LogP contribution in [-0.2, 0) is 4.79 Å². The van der Waals surface area contributed by atoms with Crippen LogP contribution in [0.25, 0.3) is 0 Å². The molecule has 0 spiro atoms. The number of aromatic nitrogens is 1. The average Bonchev–Trinajstić information content (AvgIpc) is 2.39. The van der Waals surface area contributed by atoms with Crippen LogP contribution in [0.2, 0.25) is 0 Å². The van der Waals surface area contributed by atoms with Crippen LogP contribution in [0.15, 0.2) is 22.9 Å². The molecule has 1 amide bonds. The van der Waals surface area contributed by atoms with Crippen molar-refractivity contribution in [3.8, 4) is 0 Å². The maximum atomic E-state index is 12.2. The summed E-state index contributed by atoms with van der Waals surface area (Å²) in [6.07, 6.45) is 4.19. The van der Waals surface area contributed by atoms with Crippen LogP contribution in [0, 0.1) is 5.92 Å². The Morgan fingerprint density at radius 1 is 1.50 bits per heavy atom. The van der Waals surface area contributed by atoms with Gasteiger partial charge in [-0.1, -0.05) is 19.8 Å². The fourth-order valence-electron chi connectivity index (χ4n) is 2.71. The Bertz CT molecular complexity index is 518. The summed E-state index contributed by atoms with van der Waals surface area (Å²) in [6.45, 7) is 2.02. The number of carboxylic acid groups (broad SMARTS) is 1. The third-order valence-corrected chi connectivity index (χ3v) is 4.22. The van der Waals surface area contributed by atoms with Gasteiger partial charge in [0.25, 0.3) is 5.91 Å². The summed E-state index contributed by atoms with van der Waals surface area (Å²) in [5.41, 5.74) is -0.783. The van der Waals surface area contributed by atoms with E-state index in [0.717, 1.165) is 12.8 Å². The van der Waals surface area contributed by atoms with Gasteiger partial charge in [-0.25, -0.2) is 9.78 Å². The van der Waals surface area contributed by atoms with Gasteiger partial charge < -0.3 is 10.4 Å². The van der Waals surface area contributed by atoms with Gasteiger partial charge in [-0.3, -0.25) is 4.79 Å². The number of nitrogens with one attached hydrogen (secondary N) is 1. The summed E-state index contributed by atoms with van der Waals surface area (Å²) in [7, 11) is 0. The topological polar surface area (TPSA) is 79.3 Å². The summed E-state index contributed by atoms with van der Waals surface area (Å²) in [6, 6.07) is 3.28. The molecule has 1 aromatic heterocycles. The number of halogens is 1. The largest absolute Gasteiger partial charge is 0.480 e. The number of aliphatic carboxylic acids is 1. The number of carboxylic acids is 1. The molecule has 108 valence electrons. The molecule has 2 rings (SSSR count). The number of hydrogen-bond acceptors (Lipinski definition) is 3. The van der Waals surface area contributed by atoms with Crippen molar-refractivity contribution in [1.29, 1.82) is 0 Å². The van der Waals surface area contributed by atoms with Crippen molar-refractivity contribution >= 4 is 27.8 Å². The summed E-state index contributed by atoms with van der Waals surface area (Å²) in [5, 5.41) is 12.2. The SMILES string of the molecule is CC1CCCC(NC(=O)c2ccc(Br)nc2)(C(=O)O)C1. The third-order valence-electron chi connectivity index (χ3n) is 3.75. The van der Waals surface area contributed by atoms with Crippen molar-refractivity contribution in [2.24, 2.45) is 5.92 Å². The van der Waals surface area contributed by atoms with E-state index in [2.05, 4.69) is 26.2 Å². The van der Waals surface area contributed by atoms with E-state index in [-0.39, 0.29) is 5.91 Å². The first-order chi connectivity index (χ1) is 9.43. The maximum Gasteiger partial charge on any atom is 0.329 e. The van der Waals surface area contributed by atoms with E-state index in [1.165, 1.54) is 6.20 Å². The van der Waals surface area contributed by atoms with E-state index in [1.807, 2.05) is 6.92 Å². The fraction of sp³-hybridized carbons (Fsp3) is 0.500. The molecule has 0 aliphatic heterocycles. The van der Waals surface area contributed by atoms with Gasteiger partial charge in [-0.05, 0) is 46.8 Å². The molecule has 1 heterocycles. The average molecular weight is 341 g/mol. The van der Waals surface area contributed by atoms with Crippen LogP contribution in [-0.4, -0.2) is 27.5 Å². The number of pyridine rings is 1. The molecule has 0 saturated heterocycles. The molecule has 2 atom stereocenters. The summed E-state index contributed by atoms with van der Waals surface area (Å²) in [4.78, 5) is 27.8. The lowest BCUT2D eigenvalue weighted by atomic mass is 9.76. The molecule has 0 radical (unpaired) electrons. The van der Waals surface area contributed by atoms with Crippen molar-refractivity contribution < 1.29 is 14.7 Å². The standard InChI is InChI=1S/C14H17BrN2O3/c1-9-3-2-6-14(7-9,13(19)20)17-12(18)10-4-5-11(15)16-8-10/h4-5,8-9H,2-3,6-7H2,1H3,(H,17,18)(H,19,20). The molecule has 0 aromatic carbocycles. The molecule has 20 heavy (non-hydrogen) atoms. The molecule has 1 aromatic rings.